The minimum absolute atomic E-state index is 0.567. The summed E-state index contributed by atoms with van der Waals surface area (Å²) in [6, 6.07) is 0.639. The van der Waals surface area contributed by atoms with Gasteiger partial charge in [-0.1, -0.05) is 13.8 Å². The topological polar surface area (TPSA) is 12.0 Å². The molecule has 1 nitrogen and oxygen atoms in total. The summed E-state index contributed by atoms with van der Waals surface area (Å²) < 4.78 is 0. The summed E-state index contributed by atoms with van der Waals surface area (Å²) in [5.41, 5.74) is 1.22. The van der Waals surface area contributed by atoms with Crippen molar-refractivity contribution in [3.05, 3.63) is 0 Å². The van der Waals surface area contributed by atoms with Crippen molar-refractivity contribution in [3.63, 3.8) is 0 Å². The highest BCUT2D eigenvalue weighted by Gasteiger charge is 2.57. The Hall–Kier alpha value is -0.480. The standard InChI is InChI=1S/C19H31N/c1-4-6-7-17(20-8-5-2)19-12-15-9-16(13-19)11-18(3,10-15)14-19/h15-17,20H,5,7-14H2,1-3H3. The van der Waals surface area contributed by atoms with E-state index in [-0.39, 0.29) is 0 Å². The van der Waals surface area contributed by atoms with Crippen molar-refractivity contribution in [2.24, 2.45) is 22.7 Å². The molecule has 0 aromatic rings. The van der Waals surface area contributed by atoms with Gasteiger partial charge >= 0.3 is 0 Å². The van der Waals surface area contributed by atoms with Gasteiger partial charge in [0.05, 0.1) is 0 Å². The molecular weight excluding hydrogens is 242 g/mol. The Kier molecular flexibility index (Phi) is 3.89. The van der Waals surface area contributed by atoms with Crippen LogP contribution in [-0.2, 0) is 0 Å². The van der Waals surface area contributed by atoms with Gasteiger partial charge in [-0.25, -0.2) is 0 Å². The third kappa shape index (κ3) is 2.52. The Morgan fingerprint density at radius 1 is 1.20 bits per heavy atom. The maximum absolute atomic E-state index is 3.88. The lowest BCUT2D eigenvalue weighted by Crippen LogP contribution is -2.58. The lowest BCUT2D eigenvalue weighted by atomic mass is 9.43. The van der Waals surface area contributed by atoms with Crippen molar-refractivity contribution >= 4 is 0 Å². The molecule has 0 heterocycles. The molecule has 4 bridgehead atoms. The van der Waals surface area contributed by atoms with Crippen LogP contribution in [0.1, 0.15) is 72.1 Å². The Morgan fingerprint density at radius 3 is 2.45 bits per heavy atom. The zero-order valence-electron chi connectivity index (χ0n) is 13.6. The fourth-order valence-corrected chi connectivity index (χ4v) is 6.23. The number of rotatable bonds is 5. The fourth-order valence-electron chi connectivity index (χ4n) is 6.23. The van der Waals surface area contributed by atoms with Crippen molar-refractivity contribution in [1.29, 1.82) is 0 Å². The van der Waals surface area contributed by atoms with Crippen molar-refractivity contribution in [3.8, 4) is 11.8 Å². The van der Waals surface area contributed by atoms with Crippen LogP contribution in [0, 0.1) is 34.5 Å². The van der Waals surface area contributed by atoms with Crippen molar-refractivity contribution < 1.29 is 0 Å². The van der Waals surface area contributed by atoms with E-state index in [1.165, 1.54) is 44.9 Å². The molecule has 4 aliphatic carbocycles. The Balaban J connectivity index is 1.82. The molecule has 20 heavy (non-hydrogen) atoms. The van der Waals surface area contributed by atoms with Crippen LogP contribution in [0.2, 0.25) is 0 Å². The lowest BCUT2D eigenvalue weighted by molar-refractivity contribution is -0.117. The van der Waals surface area contributed by atoms with Gasteiger partial charge in [0, 0.05) is 12.5 Å². The first-order valence-corrected chi connectivity index (χ1v) is 8.72. The maximum Gasteiger partial charge on any atom is 0.0248 e. The molecule has 0 spiro atoms. The highest BCUT2D eigenvalue weighted by Crippen LogP contribution is 2.66. The molecule has 4 fully saturated rings. The summed E-state index contributed by atoms with van der Waals surface area (Å²) in [4.78, 5) is 0. The molecule has 0 aromatic carbocycles. The molecule has 0 aliphatic heterocycles. The molecule has 4 rings (SSSR count). The summed E-state index contributed by atoms with van der Waals surface area (Å²) in [6.45, 7) is 7.99. The van der Waals surface area contributed by atoms with Crippen LogP contribution in [0.3, 0.4) is 0 Å². The Bertz CT molecular complexity index is 399. The van der Waals surface area contributed by atoms with E-state index >= 15 is 0 Å². The zero-order valence-corrected chi connectivity index (χ0v) is 13.6. The molecular formula is C19H31N. The van der Waals surface area contributed by atoms with E-state index in [1.54, 1.807) is 0 Å². The van der Waals surface area contributed by atoms with Crippen LogP contribution in [0.25, 0.3) is 0 Å². The molecule has 4 saturated carbocycles. The second-order valence-electron chi connectivity index (χ2n) is 8.27. The molecule has 0 radical (unpaired) electrons. The molecule has 4 aliphatic rings. The van der Waals surface area contributed by atoms with Gasteiger partial charge in [0.1, 0.15) is 0 Å². The smallest absolute Gasteiger partial charge is 0.0248 e. The minimum atomic E-state index is 0.567. The summed E-state index contributed by atoms with van der Waals surface area (Å²) in [5.74, 6) is 8.54. The first-order valence-electron chi connectivity index (χ1n) is 8.72. The van der Waals surface area contributed by atoms with Gasteiger partial charge in [0.15, 0.2) is 0 Å². The Labute approximate surface area is 125 Å². The average molecular weight is 273 g/mol. The average Bonchev–Trinajstić information content (AvgIpc) is 2.35. The lowest BCUT2D eigenvalue weighted by Gasteiger charge is -2.63. The highest BCUT2D eigenvalue weighted by molar-refractivity contribution is 5.12. The second kappa shape index (κ2) is 5.38. The monoisotopic (exact) mass is 273 g/mol. The number of hydrogen-bond donors (Lipinski definition) is 1. The van der Waals surface area contributed by atoms with E-state index in [1.807, 2.05) is 6.92 Å². The first kappa shape index (κ1) is 14.5. The minimum Gasteiger partial charge on any atom is -0.312 e. The van der Waals surface area contributed by atoms with Gasteiger partial charge in [0.2, 0.25) is 0 Å². The quantitative estimate of drug-likeness (QED) is 0.733. The zero-order chi connectivity index (χ0) is 14.2. The van der Waals surface area contributed by atoms with Crippen LogP contribution >= 0.6 is 0 Å². The summed E-state index contributed by atoms with van der Waals surface area (Å²) in [6.07, 6.45) is 11.2. The summed E-state index contributed by atoms with van der Waals surface area (Å²) in [5, 5.41) is 3.88. The molecule has 1 heteroatoms. The van der Waals surface area contributed by atoms with Gasteiger partial charge in [0.25, 0.3) is 0 Å². The van der Waals surface area contributed by atoms with E-state index in [2.05, 4.69) is 31.0 Å². The van der Waals surface area contributed by atoms with E-state index < -0.39 is 0 Å². The van der Waals surface area contributed by atoms with E-state index in [0.717, 1.165) is 24.8 Å². The van der Waals surface area contributed by atoms with E-state index in [9.17, 15) is 0 Å². The normalized spacial score (nSPS) is 43.1. The fraction of sp³-hybridized carbons (Fsp3) is 0.895. The van der Waals surface area contributed by atoms with E-state index in [0.29, 0.717) is 16.9 Å². The third-order valence-corrected chi connectivity index (χ3v) is 6.26. The summed E-state index contributed by atoms with van der Waals surface area (Å²) in [7, 11) is 0. The van der Waals surface area contributed by atoms with Gasteiger partial charge < -0.3 is 5.32 Å². The third-order valence-electron chi connectivity index (χ3n) is 6.26. The van der Waals surface area contributed by atoms with Crippen LogP contribution in [-0.4, -0.2) is 12.6 Å². The second-order valence-corrected chi connectivity index (χ2v) is 8.27. The van der Waals surface area contributed by atoms with Crippen molar-refractivity contribution in [2.45, 2.75) is 78.2 Å². The van der Waals surface area contributed by atoms with Crippen LogP contribution in [0.15, 0.2) is 0 Å². The predicted octanol–water partition coefficient (Wildman–Crippen LogP) is 4.37. The molecule has 0 aromatic heterocycles. The van der Waals surface area contributed by atoms with Gasteiger partial charge in [-0.05, 0) is 81.1 Å². The largest absolute Gasteiger partial charge is 0.312 e. The van der Waals surface area contributed by atoms with Crippen LogP contribution < -0.4 is 5.32 Å². The van der Waals surface area contributed by atoms with Crippen molar-refractivity contribution in [2.75, 3.05) is 6.54 Å². The number of nitrogens with one attached hydrogen (secondary N) is 1. The van der Waals surface area contributed by atoms with Crippen LogP contribution in [0.4, 0.5) is 0 Å². The summed E-state index contributed by atoms with van der Waals surface area (Å²) >= 11 is 0. The molecule has 0 saturated heterocycles. The molecule has 3 unspecified atom stereocenters. The van der Waals surface area contributed by atoms with Gasteiger partial charge in [-0.3, -0.25) is 0 Å². The Morgan fingerprint density at radius 2 is 1.90 bits per heavy atom. The van der Waals surface area contributed by atoms with E-state index in [4.69, 9.17) is 0 Å². The first-order chi connectivity index (χ1) is 9.59. The van der Waals surface area contributed by atoms with Crippen LogP contribution in [0.5, 0.6) is 0 Å². The van der Waals surface area contributed by atoms with Crippen molar-refractivity contribution in [1.82, 2.24) is 5.32 Å². The van der Waals surface area contributed by atoms with Gasteiger partial charge in [-0.2, -0.15) is 0 Å². The van der Waals surface area contributed by atoms with Gasteiger partial charge in [-0.15, -0.1) is 11.8 Å². The molecule has 1 N–H and O–H groups in total. The molecule has 3 atom stereocenters. The number of hydrogen-bond acceptors (Lipinski definition) is 1. The molecule has 0 amide bonds. The maximum atomic E-state index is 3.88. The SMILES string of the molecule is CC#CCC(NCCC)C12CC3CC(CC(C)(C3)C1)C2. The predicted molar refractivity (Wildman–Crippen MR) is 85.4 cm³/mol. The highest BCUT2D eigenvalue weighted by atomic mass is 14.9. The molecule has 112 valence electrons.